The Hall–Kier alpha value is 0.0300. The van der Waals surface area contributed by atoms with Gasteiger partial charge >= 0.3 is 29.6 Å². The zero-order chi connectivity index (χ0) is 15.9. The van der Waals surface area contributed by atoms with Crippen molar-refractivity contribution < 1.29 is 45.7 Å². The Balaban J connectivity index is 0.00000264. The van der Waals surface area contributed by atoms with Crippen LogP contribution in [-0.4, -0.2) is 34.7 Å². The van der Waals surface area contributed by atoms with Crippen LogP contribution in [-0.2, 0) is 9.63 Å². The zero-order valence-electron chi connectivity index (χ0n) is 15.6. The number of aliphatic hydroxyl groups is 1. The minimum atomic E-state index is 0. The topological polar surface area (TPSA) is 58.9 Å². The van der Waals surface area contributed by atoms with E-state index >= 15 is 0 Å². The average molecular weight is 349 g/mol. The van der Waals surface area contributed by atoms with Crippen molar-refractivity contribution >= 4 is 23.3 Å². The molecule has 0 aromatic rings. The maximum absolute atomic E-state index is 12.6. The molecule has 1 aliphatic carbocycles. The molecule has 4 nitrogen and oxygen atoms in total. The van der Waals surface area contributed by atoms with Crippen molar-refractivity contribution in [2.45, 2.75) is 52.4 Å². The Labute approximate surface area is 167 Å². The first kappa shape index (κ1) is 21.1. The van der Waals surface area contributed by atoms with Gasteiger partial charge in [-0.1, -0.05) is 18.5 Å². The molecule has 0 bridgehead atoms. The second-order valence-corrected chi connectivity index (χ2v) is 7.25. The summed E-state index contributed by atoms with van der Waals surface area (Å²) >= 11 is 1.97. The molecule has 0 spiro atoms. The van der Waals surface area contributed by atoms with Crippen molar-refractivity contribution in [2.75, 3.05) is 18.1 Å². The molecule has 1 heterocycles. The van der Waals surface area contributed by atoms with Gasteiger partial charge in [-0.25, -0.2) is 0 Å². The second-order valence-electron chi connectivity index (χ2n) is 6.10. The maximum Gasteiger partial charge on any atom is 1.00 e. The van der Waals surface area contributed by atoms with Crippen LogP contribution < -0.4 is 29.6 Å². The predicted molar refractivity (Wildman–Crippen MR) is 92.5 cm³/mol. The van der Waals surface area contributed by atoms with Gasteiger partial charge in [0.15, 0.2) is 5.78 Å². The van der Waals surface area contributed by atoms with Gasteiger partial charge in [-0.3, -0.25) is 4.79 Å². The van der Waals surface area contributed by atoms with E-state index in [1.807, 2.05) is 25.6 Å². The number of Topliss-reactive ketones (excluding diaryl/α,β-unsaturated/α-hetero) is 1. The molecular weight excluding hydrogens is 321 g/mol. The second kappa shape index (κ2) is 10.8. The van der Waals surface area contributed by atoms with Crippen LogP contribution in [0.15, 0.2) is 16.5 Å². The number of aliphatic hydroxyl groups excluding tert-OH is 1. The van der Waals surface area contributed by atoms with Crippen LogP contribution in [0.5, 0.6) is 0 Å². The van der Waals surface area contributed by atoms with Crippen LogP contribution in [0, 0.1) is 11.8 Å². The van der Waals surface area contributed by atoms with Gasteiger partial charge < -0.3 is 11.4 Å². The molecule has 0 aromatic heterocycles. The third kappa shape index (κ3) is 5.80. The number of oxime groups is 1. The van der Waals surface area contributed by atoms with E-state index in [0.717, 1.165) is 12.2 Å². The number of nitrogens with zero attached hydrogens (tertiary/aromatic N) is 1. The summed E-state index contributed by atoms with van der Waals surface area (Å²) in [6, 6.07) is 0. The fourth-order valence-corrected chi connectivity index (χ4v) is 4.60. The van der Waals surface area contributed by atoms with Gasteiger partial charge in [-0.2, -0.15) is 11.8 Å². The van der Waals surface area contributed by atoms with Crippen molar-refractivity contribution in [3.05, 3.63) is 11.3 Å². The van der Waals surface area contributed by atoms with Gasteiger partial charge in [0.25, 0.3) is 0 Å². The van der Waals surface area contributed by atoms with E-state index in [1.165, 1.54) is 18.6 Å². The van der Waals surface area contributed by atoms with Gasteiger partial charge in [-0.05, 0) is 49.5 Å². The van der Waals surface area contributed by atoms with Crippen LogP contribution in [0.3, 0.4) is 0 Å². The molecule has 1 saturated heterocycles. The minimum absolute atomic E-state index is 0. The van der Waals surface area contributed by atoms with Gasteiger partial charge in [0.2, 0.25) is 0 Å². The molecule has 2 unspecified atom stereocenters. The Morgan fingerprint density at radius 3 is 2.74 bits per heavy atom. The van der Waals surface area contributed by atoms with E-state index in [0.29, 0.717) is 49.0 Å². The molecule has 1 aliphatic heterocycles. The smallest absolute Gasteiger partial charge is 1.00 e. The number of rotatable bonds is 6. The number of thioether (sulfide) groups is 1. The number of carbonyl (C=O) groups is 1. The predicted octanol–water partition coefficient (Wildman–Crippen LogP) is 1.23. The summed E-state index contributed by atoms with van der Waals surface area (Å²) < 4.78 is 0. The maximum atomic E-state index is 12.6. The van der Waals surface area contributed by atoms with Crippen molar-refractivity contribution in [2.24, 2.45) is 17.0 Å². The number of allylic oxidation sites excluding steroid dienone is 2. The van der Waals surface area contributed by atoms with E-state index in [1.54, 1.807) is 0 Å². The monoisotopic (exact) mass is 349 g/mol. The molecule has 126 valence electrons. The number of carbonyl (C=O) groups excluding carboxylic acids is 1. The fourth-order valence-electron chi connectivity index (χ4n) is 3.32. The van der Waals surface area contributed by atoms with Gasteiger partial charge in [0.1, 0.15) is 12.4 Å². The minimum Gasteiger partial charge on any atom is -1.00 e. The third-order valence-corrected chi connectivity index (χ3v) is 5.65. The molecule has 0 saturated carbocycles. The van der Waals surface area contributed by atoms with Gasteiger partial charge in [0, 0.05) is 12.8 Å². The van der Waals surface area contributed by atoms with E-state index < -0.39 is 0 Å². The van der Waals surface area contributed by atoms with Crippen LogP contribution in [0.4, 0.5) is 0 Å². The molecule has 23 heavy (non-hydrogen) atoms. The van der Waals surface area contributed by atoms with Crippen molar-refractivity contribution in [1.29, 1.82) is 0 Å². The average Bonchev–Trinajstić information content (AvgIpc) is 2.52. The molecule has 0 radical (unpaired) electrons. The van der Waals surface area contributed by atoms with E-state index in [9.17, 15) is 9.90 Å². The van der Waals surface area contributed by atoms with E-state index in [2.05, 4.69) is 5.16 Å². The van der Waals surface area contributed by atoms with Crippen molar-refractivity contribution in [1.82, 2.24) is 0 Å². The first-order chi connectivity index (χ1) is 10.7. The molecule has 1 fully saturated rings. The summed E-state index contributed by atoms with van der Waals surface area (Å²) in [6.07, 6.45) is 5.10. The normalized spacial score (nSPS) is 26.0. The van der Waals surface area contributed by atoms with Crippen LogP contribution in [0.25, 0.3) is 0 Å². The largest absolute Gasteiger partial charge is 1.00 e. The standard InChI is InChI=1S/C17H27NO3S.Na.H/c1-3-6-14(18-21-4-2)17-15(19)9-13(10-16(17)20)12-7-5-8-22-11-12;;/h12-13,19H,3-11H2,1-2H3;;/q;+1;-1/b18-14+;;. The molecule has 2 atom stereocenters. The number of hydrogen-bond donors (Lipinski definition) is 1. The van der Waals surface area contributed by atoms with Crippen LogP contribution >= 0.6 is 11.8 Å². The Morgan fingerprint density at radius 1 is 1.39 bits per heavy atom. The first-order valence-corrected chi connectivity index (χ1v) is 9.55. The summed E-state index contributed by atoms with van der Waals surface area (Å²) in [5.74, 6) is 3.46. The number of hydrogen-bond acceptors (Lipinski definition) is 5. The quantitative estimate of drug-likeness (QED) is 0.445. The third-order valence-electron chi connectivity index (χ3n) is 4.41. The molecule has 2 rings (SSSR count). The Kier molecular flexibility index (Phi) is 9.90. The van der Waals surface area contributed by atoms with Crippen LogP contribution in [0.2, 0.25) is 0 Å². The van der Waals surface area contributed by atoms with E-state index in [-0.39, 0.29) is 42.5 Å². The first-order valence-electron chi connectivity index (χ1n) is 8.39. The summed E-state index contributed by atoms with van der Waals surface area (Å²) in [5.41, 5.74) is 1.04. The molecule has 0 aromatic carbocycles. The van der Waals surface area contributed by atoms with Crippen LogP contribution in [0.1, 0.15) is 53.8 Å². The van der Waals surface area contributed by atoms with Crippen molar-refractivity contribution in [3.8, 4) is 0 Å². The molecular formula is C17H28NNaO3S. The molecule has 2 aliphatic rings. The Morgan fingerprint density at radius 2 is 2.17 bits per heavy atom. The van der Waals surface area contributed by atoms with Gasteiger partial charge in [0.05, 0.1) is 11.3 Å². The Bertz CT molecular complexity index is 465. The summed E-state index contributed by atoms with van der Waals surface area (Å²) in [4.78, 5) is 17.7. The molecule has 1 N–H and O–H groups in total. The molecule has 0 amide bonds. The summed E-state index contributed by atoms with van der Waals surface area (Å²) in [7, 11) is 0. The summed E-state index contributed by atoms with van der Waals surface area (Å²) in [5, 5.41) is 14.5. The van der Waals surface area contributed by atoms with Crippen molar-refractivity contribution in [3.63, 3.8) is 0 Å². The fraction of sp³-hybridized carbons (Fsp3) is 0.765. The SMILES string of the molecule is CCC/C(=N\OCC)C1=C(O)CC(C2CCCSC2)CC1=O.[H-].[Na+]. The summed E-state index contributed by atoms with van der Waals surface area (Å²) in [6.45, 7) is 4.37. The zero-order valence-corrected chi connectivity index (χ0v) is 17.5. The number of ketones is 1. The van der Waals surface area contributed by atoms with Gasteiger partial charge in [-0.15, -0.1) is 0 Å². The molecule has 6 heteroatoms. The van der Waals surface area contributed by atoms with E-state index in [4.69, 9.17) is 4.84 Å².